The van der Waals surface area contributed by atoms with Crippen molar-refractivity contribution in [3.63, 3.8) is 0 Å². The zero-order valence-electron chi connectivity index (χ0n) is 12.1. The van der Waals surface area contributed by atoms with Crippen LogP contribution in [0.15, 0.2) is 12.4 Å². The maximum absolute atomic E-state index is 5.74. The van der Waals surface area contributed by atoms with E-state index in [-0.39, 0.29) is 12.1 Å². The molecule has 0 amide bonds. The van der Waals surface area contributed by atoms with E-state index in [1.54, 1.807) is 0 Å². The number of nitrogens with one attached hydrogen (secondary N) is 1. The molecule has 2 atom stereocenters. The Morgan fingerprint density at radius 2 is 2.11 bits per heavy atom. The largest absolute Gasteiger partial charge is 0.377 e. The van der Waals surface area contributed by atoms with E-state index in [0.29, 0.717) is 0 Å². The second-order valence-corrected chi connectivity index (χ2v) is 4.57. The van der Waals surface area contributed by atoms with Crippen LogP contribution in [-0.2, 0) is 11.3 Å². The molecule has 1 rings (SSSR count). The first-order valence-corrected chi connectivity index (χ1v) is 7.10. The van der Waals surface area contributed by atoms with Crippen molar-refractivity contribution in [3.05, 3.63) is 18.2 Å². The topological polar surface area (TPSA) is 39.1 Å². The molecule has 4 nitrogen and oxygen atoms in total. The Hall–Kier alpha value is -0.870. The lowest BCUT2D eigenvalue weighted by Crippen LogP contribution is -2.34. The molecule has 0 radical (unpaired) electrons. The number of rotatable bonds is 9. The smallest absolute Gasteiger partial charge is 0.128 e. The van der Waals surface area contributed by atoms with Gasteiger partial charge in [-0.25, -0.2) is 4.98 Å². The molecule has 4 heteroatoms. The predicted molar refractivity (Wildman–Crippen MR) is 74.6 cm³/mol. The van der Waals surface area contributed by atoms with Gasteiger partial charge in [0, 0.05) is 25.5 Å². The third kappa shape index (κ3) is 4.10. The maximum atomic E-state index is 5.74. The van der Waals surface area contributed by atoms with Gasteiger partial charge in [0.05, 0.1) is 12.1 Å². The summed E-state index contributed by atoms with van der Waals surface area (Å²) in [4.78, 5) is 4.51. The van der Waals surface area contributed by atoms with E-state index in [0.717, 1.165) is 38.4 Å². The first-order valence-electron chi connectivity index (χ1n) is 7.10. The molecule has 1 N–H and O–H groups in total. The van der Waals surface area contributed by atoms with Crippen molar-refractivity contribution in [2.24, 2.45) is 0 Å². The van der Waals surface area contributed by atoms with Gasteiger partial charge in [0.15, 0.2) is 0 Å². The van der Waals surface area contributed by atoms with Crippen LogP contribution >= 0.6 is 0 Å². The Kier molecular flexibility index (Phi) is 6.98. The Morgan fingerprint density at radius 1 is 1.33 bits per heavy atom. The number of hydrogen-bond acceptors (Lipinski definition) is 3. The van der Waals surface area contributed by atoms with Crippen molar-refractivity contribution >= 4 is 0 Å². The van der Waals surface area contributed by atoms with Crippen LogP contribution in [0.1, 0.15) is 52.4 Å². The standard InChI is InChI=1S/C14H27N3O/c1-5-8-15-13(12(4)18-7-3)14-16-9-11-17(14)10-6-2/h9,11-13,15H,5-8,10H2,1-4H3. The predicted octanol–water partition coefficient (Wildman–Crippen LogP) is 2.76. The second kappa shape index (κ2) is 8.27. The molecular formula is C14H27N3O. The third-order valence-electron chi connectivity index (χ3n) is 3.00. The van der Waals surface area contributed by atoms with E-state index in [2.05, 4.69) is 41.8 Å². The van der Waals surface area contributed by atoms with Crippen LogP contribution in [0, 0.1) is 0 Å². The van der Waals surface area contributed by atoms with Crippen LogP contribution < -0.4 is 5.32 Å². The molecule has 104 valence electrons. The Labute approximate surface area is 111 Å². The van der Waals surface area contributed by atoms with Crippen LogP contribution in [0.2, 0.25) is 0 Å². The molecule has 0 aromatic carbocycles. The second-order valence-electron chi connectivity index (χ2n) is 4.57. The molecule has 0 aliphatic heterocycles. The fourth-order valence-corrected chi connectivity index (χ4v) is 2.16. The van der Waals surface area contributed by atoms with E-state index < -0.39 is 0 Å². The fraction of sp³-hybridized carbons (Fsp3) is 0.786. The van der Waals surface area contributed by atoms with Gasteiger partial charge in [-0.3, -0.25) is 0 Å². The molecule has 0 aliphatic carbocycles. The van der Waals surface area contributed by atoms with Crippen molar-refractivity contribution in [3.8, 4) is 0 Å². The van der Waals surface area contributed by atoms with E-state index in [1.165, 1.54) is 0 Å². The van der Waals surface area contributed by atoms with Gasteiger partial charge in [-0.05, 0) is 33.2 Å². The van der Waals surface area contributed by atoms with Crippen molar-refractivity contribution in [2.75, 3.05) is 13.2 Å². The van der Waals surface area contributed by atoms with Crippen LogP contribution in [0.4, 0.5) is 0 Å². The lowest BCUT2D eigenvalue weighted by atomic mass is 10.1. The molecule has 1 aromatic rings. The number of imidazole rings is 1. The summed E-state index contributed by atoms with van der Waals surface area (Å²) < 4.78 is 7.97. The van der Waals surface area contributed by atoms with Gasteiger partial charge in [-0.2, -0.15) is 0 Å². The lowest BCUT2D eigenvalue weighted by Gasteiger charge is -2.25. The van der Waals surface area contributed by atoms with Gasteiger partial charge in [-0.15, -0.1) is 0 Å². The van der Waals surface area contributed by atoms with Crippen molar-refractivity contribution < 1.29 is 4.74 Å². The zero-order chi connectivity index (χ0) is 13.4. The number of aromatic nitrogens is 2. The van der Waals surface area contributed by atoms with E-state index in [9.17, 15) is 0 Å². The van der Waals surface area contributed by atoms with Crippen molar-refractivity contribution in [1.82, 2.24) is 14.9 Å². The normalized spacial score (nSPS) is 14.7. The summed E-state index contributed by atoms with van der Waals surface area (Å²) >= 11 is 0. The molecule has 2 unspecified atom stereocenters. The summed E-state index contributed by atoms with van der Waals surface area (Å²) in [6.07, 6.45) is 6.30. The molecule has 0 saturated carbocycles. The highest BCUT2D eigenvalue weighted by molar-refractivity contribution is 5.02. The minimum atomic E-state index is 0.138. The molecule has 18 heavy (non-hydrogen) atoms. The molecule has 1 heterocycles. The molecule has 0 saturated heterocycles. The van der Waals surface area contributed by atoms with Crippen LogP contribution in [0.25, 0.3) is 0 Å². The average Bonchev–Trinajstić information content (AvgIpc) is 2.79. The summed E-state index contributed by atoms with van der Waals surface area (Å²) in [5, 5.41) is 3.55. The Balaban J connectivity index is 2.82. The van der Waals surface area contributed by atoms with Gasteiger partial charge in [0.1, 0.15) is 5.82 Å². The summed E-state index contributed by atoms with van der Waals surface area (Å²) in [5.74, 6) is 1.09. The van der Waals surface area contributed by atoms with E-state index in [4.69, 9.17) is 4.74 Å². The first-order chi connectivity index (χ1) is 8.74. The number of nitrogens with zero attached hydrogens (tertiary/aromatic N) is 2. The highest BCUT2D eigenvalue weighted by Gasteiger charge is 2.23. The molecule has 1 aromatic heterocycles. The molecule has 0 aliphatic rings. The number of hydrogen-bond donors (Lipinski definition) is 1. The first kappa shape index (κ1) is 15.2. The zero-order valence-corrected chi connectivity index (χ0v) is 12.1. The summed E-state index contributed by atoms with van der Waals surface area (Å²) in [6.45, 7) is 11.2. The van der Waals surface area contributed by atoms with Crippen LogP contribution in [-0.4, -0.2) is 28.8 Å². The average molecular weight is 253 g/mol. The highest BCUT2D eigenvalue weighted by atomic mass is 16.5. The van der Waals surface area contributed by atoms with Gasteiger partial charge >= 0.3 is 0 Å². The minimum absolute atomic E-state index is 0.138. The van der Waals surface area contributed by atoms with Gasteiger partial charge < -0.3 is 14.6 Å². The van der Waals surface area contributed by atoms with Crippen molar-refractivity contribution in [2.45, 2.75) is 59.2 Å². The van der Waals surface area contributed by atoms with Gasteiger partial charge in [0.25, 0.3) is 0 Å². The van der Waals surface area contributed by atoms with Crippen molar-refractivity contribution in [1.29, 1.82) is 0 Å². The fourth-order valence-electron chi connectivity index (χ4n) is 2.16. The SMILES string of the molecule is CCCNC(c1nccn1CCC)C(C)OCC. The highest BCUT2D eigenvalue weighted by Crippen LogP contribution is 2.18. The van der Waals surface area contributed by atoms with Gasteiger partial charge in [0.2, 0.25) is 0 Å². The quantitative estimate of drug-likeness (QED) is 0.735. The summed E-state index contributed by atoms with van der Waals surface area (Å²) in [6, 6.07) is 0.173. The van der Waals surface area contributed by atoms with Gasteiger partial charge in [-0.1, -0.05) is 13.8 Å². The third-order valence-corrected chi connectivity index (χ3v) is 3.00. The van der Waals surface area contributed by atoms with E-state index in [1.807, 2.05) is 13.1 Å². The summed E-state index contributed by atoms with van der Waals surface area (Å²) in [5.41, 5.74) is 0. The summed E-state index contributed by atoms with van der Waals surface area (Å²) in [7, 11) is 0. The molecular weight excluding hydrogens is 226 g/mol. The lowest BCUT2D eigenvalue weighted by molar-refractivity contribution is 0.0439. The molecule has 0 spiro atoms. The van der Waals surface area contributed by atoms with E-state index >= 15 is 0 Å². The number of aryl methyl sites for hydroxylation is 1. The minimum Gasteiger partial charge on any atom is -0.377 e. The maximum Gasteiger partial charge on any atom is 0.128 e. The number of ether oxygens (including phenoxy) is 1. The molecule has 0 fully saturated rings. The molecule has 0 bridgehead atoms. The Bertz CT molecular complexity index is 325. The van der Waals surface area contributed by atoms with Crippen LogP contribution in [0.5, 0.6) is 0 Å². The Morgan fingerprint density at radius 3 is 2.72 bits per heavy atom. The monoisotopic (exact) mass is 253 g/mol. The van der Waals surface area contributed by atoms with Crippen LogP contribution in [0.3, 0.4) is 0 Å².